The minimum atomic E-state index is -0.325. The average Bonchev–Trinajstić information content (AvgIpc) is 2.81. The summed E-state index contributed by atoms with van der Waals surface area (Å²) in [6.07, 6.45) is 2.46. The van der Waals surface area contributed by atoms with Crippen molar-refractivity contribution >= 4 is 5.78 Å². The van der Waals surface area contributed by atoms with E-state index in [9.17, 15) is 9.18 Å². The molecule has 0 saturated heterocycles. The lowest BCUT2D eigenvalue weighted by Crippen LogP contribution is -2.22. The molecule has 2 aromatic rings. The smallest absolute Gasteiger partial charge is 0.179 e. The maximum Gasteiger partial charge on any atom is 0.179 e. The first-order valence-electron chi connectivity index (χ1n) is 6.63. The van der Waals surface area contributed by atoms with Gasteiger partial charge in [0.1, 0.15) is 5.82 Å². The van der Waals surface area contributed by atoms with Gasteiger partial charge in [-0.2, -0.15) is 0 Å². The number of benzene rings is 1. The van der Waals surface area contributed by atoms with Crippen LogP contribution in [0.1, 0.15) is 35.0 Å². The van der Waals surface area contributed by atoms with Crippen molar-refractivity contribution < 1.29 is 9.18 Å². The van der Waals surface area contributed by atoms with E-state index in [0.717, 1.165) is 12.1 Å². The van der Waals surface area contributed by atoms with Crippen LogP contribution in [0.4, 0.5) is 4.39 Å². The van der Waals surface area contributed by atoms with E-state index in [1.165, 1.54) is 6.07 Å². The number of hydrogen-bond donors (Lipinski definition) is 0. The highest BCUT2D eigenvalue weighted by Gasteiger charge is 2.22. The summed E-state index contributed by atoms with van der Waals surface area (Å²) in [7, 11) is 0. The van der Waals surface area contributed by atoms with Crippen LogP contribution in [0.25, 0.3) is 0 Å². The Morgan fingerprint density at radius 2 is 2.10 bits per heavy atom. The van der Waals surface area contributed by atoms with Gasteiger partial charge in [0.2, 0.25) is 0 Å². The lowest BCUT2D eigenvalue weighted by molar-refractivity contribution is 0.0929. The summed E-state index contributed by atoms with van der Waals surface area (Å²) in [5.74, 6) is 5.93. The molecule has 20 heavy (non-hydrogen) atoms. The van der Waals surface area contributed by atoms with Crippen molar-refractivity contribution in [3.8, 4) is 11.8 Å². The van der Waals surface area contributed by atoms with E-state index < -0.39 is 0 Å². The van der Waals surface area contributed by atoms with E-state index in [1.807, 2.05) is 10.8 Å². The Kier molecular flexibility index (Phi) is 3.15. The third-order valence-corrected chi connectivity index (χ3v) is 3.44. The molecule has 1 aliphatic rings. The minimum Gasteiger partial charge on any atom is -0.344 e. The lowest BCUT2D eigenvalue weighted by Gasteiger charge is -2.19. The molecular weight excluding hydrogens is 253 g/mol. The third-order valence-electron chi connectivity index (χ3n) is 3.44. The largest absolute Gasteiger partial charge is 0.344 e. The molecule has 2 nitrogen and oxygen atoms in total. The van der Waals surface area contributed by atoms with Gasteiger partial charge in [-0.05, 0) is 24.1 Å². The number of Topliss-reactive ketones (excluding diaryl/α,β-unsaturated/α-hetero) is 1. The van der Waals surface area contributed by atoms with Gasteiger partial charge in [0.15, 0.2) is 5.78 Å². The maximum atomic E-state index is 13.5. The number of halogens is 1. The second kappa shape index (κ2) is 4.97. The summed E-state index contributed by atoms with van der Waals surface area (Å²) in [6.45, 7) is 2.90. The molecule has 0 N–H and O–H groups in total. The second-order valence-corrected chi connectivity index (χ2v) is 5.23. The molecule has 0 aliphatic carbocycles. The minimum absolute atomic E-state index is 0.155. The van der Waals surface area contributed by atoms with Crippen LogP contribution in [0.5, 0.6) is 0 Å². The van der Waals surface area contributed by atoms with Crippen LogP contribution in [0.3, 0.4) is 0 Å². The normalized spacial score (nSPS) is 17.3. The quantitative estimate of drug-likeness (QED) is 0.672. The number of hydrogen-bond acceptors (Lipinski definition) is 1. The second-order valence-electron chi connectivity index (χ2n) is 5.23. The molecule has 0 spiro atoms. The molecule has 100 valence electrons. The van der Waals surface area contributed by atoms with Crippen LogP contribution >= 0.6 is 0 Å². The Bertz CT molecular complexity index is 733. The Balaban J connectivity index is 1.93. The molecule has 1 unspecified atom stereocenters. The van der Waals surface area contributed by atoms with Crippen molar-refractivity contribution in [3.05, 3.63) is 59.2 Å². The number of carbonyl (C=O) groups excluding carboxylic acids is 1. The third kappa shape index (κ3) is 2.37. The van der Waals surface area contributed by atoms with Gasteiger partial charge in [0.05, 0.1) is 11.3 Å². The van der Waals surface area contributed by atoms with Crippen LogP contribution in [-0.4, -0.2) is 10.4 Å². The Morgan fingerprint density at radius 3 is 2.90 bits per heavy atom. The van der Waals surface area contributed by atoms with E-state index in [-0.39, 0.29) is 11.6 Å². The van der Waals surface area contributed by atoms with Crippen LogP contribution in [0, 0.1) is 23.6 Å². The van der Waals surface area contributed by atoms with Crippen molar-refractivity contribution in [3.63, 3.8) is 0 Å². The van der Waals surface area contributed by atoms with Crippen molar-refractivity contribution in [2.45, 2.75) is 19.9 Å². The fraction of sp³-hybridized carbons (Fsp3) is 0.235. The van der Waals surface area contributed by atoms with E-state index in [4.69, 9.17) is 0 Å². The zero-order valence-electron chi connectivity index (χ0n) is 11.2. The monoisotopic (exact) mass is 267 g/mol. The van der Waals surface area contributed by atoms with Crippen LogP contribution < -0.4 is 0 Å². The van der Waals surface area contributed by atoms with Crippen LogP contribution in [0.15, 0.2) is 36.5 Å². The highest BCUT2D eigenvalue weighted by molar-refractivity contribution is 5.95. The number of ketones is 1. The first-order chi connectivity index (χ1) is 9.63. The summed E-state index contributed by atoms with van der Waals surface area (Å²) in [5.41, 5.74) is 1.84. The fourth-order valence-corrected chi connectivity index (χ4v) is 2.49. The van der Waals surface area contributed by atoms with E-state index in [2.05, 4.69) is 18.8 Å². The van der Waals surface area contributed by atoms with Gasteiger partial charge in [-0.15, -0.1) is 0 Å². The molecule has 0 fully saturated rings. The SMILES string of the molecule is CC1CC(=O)c2cc(C#Cc3ccccc3F)cn2C1. The van der Waals surface area contributed by atoms with Gasteiger partial charge in [0.25, 0.3) is 0 Å². The van der Waals surface area contributed by atoms with Gasteiger partial charge in [0, 0.05) is 24.7 Å². The molecule has 1 atom stereocenters. The van der Waals surface area contributed by atoms with Gasteiger partial charge >= 0.3 is 0 Å². The highest BCUT2D eigenvalue weighted by Crippen LogP contribution is 2.21. The average molecular weight is 267 g/mol. The van der Waals surface area contributed by atoms with Gasteiger partial charge < -0.3 is 4.57 Å². The Hall–Kier alpha value is -2.34. The molecule has 0 bridgehead atoms. The first kappa shape index (κ1) is 12.7. The summed E-state index contributed by atoms with van der Waals surface area (Å²) >= 11 is 0. The maximum absolute atomic E-state index is 13.5. The molecule has 0 radical (unpaired) electrons. The summed E-state index contributed by atoms with van der Waals surface area (Å²) in [5, 5.41) is 0. The van der Waals surface area contributed by atoms with Gasteiger partial charge in [-0.1, -0.05) is 30.9 Å². The lowest BCUT2D eigenvalue weighted by atomic mass is 9.99. The molecule has 1 aromatic carbocycles. The summed E-state index contributed by atoms with van der Waals surface area (Å²) < 4.78 is 15.4. The van der Waals surface area contributed by atoms with Crippen LogP contribution in [-0.2, 0) is 6.54 Å². The van der Waals surface area contributed by atoms with E-state index in [1.54, 1.807) is 24.3 Å². The summed E-state index contributed by atoms with van der Waals surface area (Å²) in [4.78, 5) is 11.9. The molecule has 2 heterocycles. The van der Waals surface area contributed by atoms with E-state index >= 15 is 0 Å². The van der Waals surface area contributed by atoms with Crippen molar-refractivity contribution in [2.24, 2.45) is 5.92 Å². The predicted molar refractivity (Wildman–Crippen MR) is 74.9 cm³/mol. The predicted octanol–water partition coefficient (Wildman–Crippen LogP) is 3.25. The number of carbonyl (C=O) groups is 1. The molecule has 0 saturated carbocycles. The molecule has 1 aliphatic heterocycles. The van der Waals surface area contributed by atoms with Crippen molar-refractivity contribution in [1.82, 2.24) is 4.57 Å². The fourth-order valence-electron chi connectivity index (χ4n) is 2.49. The number of nitrogens with zero attached hydrogens (tertiary/aromatic N) is 1. The molecule has 3 heteroatoms. The van der Waals surface area contributed by atoms with Crippen LogP contribution in [0.2, 0.25) is 0 Å². The zero-order chi connectivity index (χ0) is 14.1. The first-order valence-corrected chi connectivity index (χ1v) is 6.63. The molecule has 3 rings (SSSR count). The zero-order valence-corrected chi connectivity index (χ0v) is 11.2. The van der Waals surface area contributed by atoms with Gasteiger partial charge in [-0.3, -0.25) is 4.79 Å². The topological polar surface area (TPSA) is 22.0 Å². The molecule has 1 aromatic heterocycles. The number of aromatic nitrogens is 1. The van der Waals surface area contributed by atoms with Crippen molar-refractivity contribution in [2.75, 3.05) is 0 Å². The van der Waals surface area contributed by atoms with Crippen molar-refractivity contribution in [1.29, 1.82) is 0 Å². The van der Waals surface area contributed by atoms with E-state index in [0.29, 0.717) is 23.6 Å². The highest BCUT2D eigenvalue weighted by atomic mass is 19.1. The standard InChI is InChI=1S/C17H14FNO/c1-12-8-17(20)16-9-13(11-19(16)10-12)6-7-14-4-2-3-5-15(14)18/h2-5,9,11-12H,8,10H2,1H3. The summed E-state index contributed by atoms with van der Waals surface area (Å²) in [6, 6.07) is 8.22. The molecular formula is C17H14FNO. The Morgan fingerprint density at radius 1 is 1.30 bits per heavy atom. The molecule has 0 amide bonds. The Labute approximate surface area is 117 Å². The number of rotatable bonds is 0. The van der Waals surface area contributed by atoms with Gasteiger partial charge in [-0.25, -0.2) is 4.39 Å². The number of fused-ring (bicyclic) bond motifs is 1.